The van der Waals surface area contributed by atoms with E-state index in [0.29, 0.717) is 11.7 Å². The number of nitrogens with zero attached hydrogens (tertiary/aromatic N) is 1. The second-order valence-corrected chi connectivity index (χ2v) is 9.27. The number of aromatic nitrogens is 1. The summed E-state index contributed by atoms with van der Waals surface area (Å²) < 4.78 is 62.8. The molecule has 36 heavy (non-hydrogen) atoms. The highest BCUT2D eigenvalue weighted by atomic mass is 32.2. The summed E-state index contributed by atoms with van der Waals surface area (Å²) in [4.78, 5) is 21.2. The zero-order valence-corrected chi connectivity index (χ0v) is 20.4. The Labute approximate surface area is 209 Å². The number of benzene rings is 2. The van der Waals surface area contributed by atoms with Crippen LogP contribution >= 0.6 is 11.9 Å². The van der Waals surface area contributed by atoms with Crippen molar-refractivity contribution in [1.82, 2.24) is 10.5 Å². The van der Waals surface area contributed by atoms with Crippen molar-refractivity contribution < 1.29 is 27.2 Å². The average Bonchev–Trinajstić information content (AvgIpc) is 3.71. The Hall–Kier alpha value is -3.31. The first-order chi connectivity index (χ1) is 17.3. The van der Waals surface area contributed by atoms with Crippen molar-refractivity contribution in [3.8, 4) is 0 Å². The minimum atomic E-state index is -1.41. The number of amides is 1. The molecule has 3 aromatic rings. The molecule has 11 heteroatoms. The Morgan fingerprint density at radius 1 is 1.08 bits per heavy atom. The van der Waals surface area contributed by atoms with Crippen LogP contribution in [0.2, 0.25) is 0 Å². The largest absolute Gasteiger partial charge is 0.350 e. The molecule has 0 bridgehead atoms. The molecule has 1 heterocycles. The van der Waals surface area contributed by atoms with Crippen molar-refractivity contribution in [3.05, 3.63) is 82.1 Å². The monoisotopic (exact) mass is 520 g/mol. The second-order valence-electron chi connectivity index (χ2n) is 8.20. The number of anilines is 3. The van der Waals surface area contributed by atoms with E-state index in [1.807, 2.05) is 6.92 Å². The molecule has 0 radical (unpaired) electrons. The first-order valence-corrected chi connectivity index (χ1v) is 12.2. The first-order valence-electron chi connectivity index (χ1n) is 11.3. The molecule has 0 unspecified atom stereocenters. The van der Waals surface area contributed by atoms with Crippen LogP contribution in [-0.4, -0.2) is 23.8 Å². The van der Waals surface area contributed by atoms with Gasteiger partial charge in [0, 0.05) is 18.4 Å². The minimum absolute atomic E-state index is 0.0408. The van der Waals surface area contributed by atoms with Crippen molar-refractivity contribution in [1.29, 1.82) is 0 Å². The molecule has 3 N–H and O–H groups in total. The second kappa shape index (κ2) is 11.2. The molecule has 1 amide bonds. The molecular weight excluding hydrogens is 496 g/mol. The molecule has 0 saturated heterocycles. The van der Waals surface area contributed by atoms with Crippen LogP contribution in [0.4, 0.5) is 34.8 Å². The topological polar surface area (TPSA) is 75.3 Å². The molecule has 4 rings (SSSR count). The van der Waals surface area contributed by atoms with Gasteiger partial charge in [0.05, 0.1) is 24.0 Å². The summed E-state index contributed by atoms with van der Waals surface area (Å²) in [7, 11) is 1.18. The SMILES string of the molecule is CCSNc1nccc(Cc2cc(C(=O)NOC)c(Nc3ccc(C4CC4)cc3F)c(F)c2F)c1F. The van der Waals surface area contributed by atoms with Crippen LogP contribution in [0.5, 0.6) is 0 Å². The Kier molecular flexibility index (Phi) is 8.00. The fraction of sp³-hybridized carbons (Fsp3) is 0.280. The normalized spacial score (nSPS) is 12.9. The van der Waals surface area contributed by atoms with Gasteiger partial charge in [-0.1, -0.05) is 24.9 Å². The third-order valence-corrected chi connectivity index (χ3v) is 6.31. The molecule has 0 spiro atoms. The van der Waals surface area contributed by atoms with Gasteiger partial charge in [0.25, 0.3) is 5.91 Å². The van der Waals surface area contributed by atoms with E-state index in [4.69, 9.17) is 0 Å². The predicted molar refractivity (Wildman–Crippen MR) is 131 cm³/mol. The molecule has 190 valence electrons. The summed E-state index contributed by atoms with van der Waals surface area (Å²) in [6.45, 7) is 1.87. The van der Waals surface area contributed by atoms with E-state index in [-0.39, 0.29) is 34.6 Å². The molecule has 0 aliphatic heterocycles. The Morgan fingerprint density at radius 2 is 1.86 bits per heavy atom. The van der Waals surface area contributed by atoms with E-state index >= 15 is 8.78 Å². The highest BCUT2D eigenvalue weighted by molar-refractivity contribution is 8.00. The number of carbonyl (C=O) groups excluding carboxylic acids is 1. The Balaban J connectivity index is 1.71. The van der Waals surface area contributed by atoms with Crippen LogP contribution in [0.1, 0.15) is 52.7 Å². The average molecular weight is 521 g/mol. The molecule has 1 fully saturated rings. The summed E-state index contributed by atoms with van der Waals surface area (Å²) in [6.07, 6.45) is 2.93. The summed E-state index contributed by atoms with van der Waals surface area (Å²) in [5.74, 6) is -4.07. The molecule has 6 nitrogen and oxygen atoms in total. The lowest BCUT2D eigenvalue weighted by molar-refractivity contribution is 0.0538. The third-order valence-electron chi connectivity index (χ3n) is 5.69. The third kappa shape index (κ3) is 5.57. The van der Waals surface area contributed by atoms with Crippen molar-refractivity contribution in [2.75, 3.05) is 22.9 Å². The van der Waals surface area contributed by atoms with Gasteiger partial charge in [0.15, 0.2) is 23.3 Å². The fourth-order valence-corrected chi connectivity index (χ4v) is 4.15. The lowest BCUT2D eigenvalue weighted by Crippen LogP contribution is -2.24. The van der Waals surface area contributed by atoms with Gasteiger partial charge in [-0.05, 0) is 59.7 Å². The van der Waals surface area contributed by atoms with Gasteiger partial charge in [0.2, 0.25) is 0 Å². The highest BCUT2D eigenvalue weighted by Gasteiger charge is 2.27. The number of hydrogen-bond acceptors (Lipinski definition) is 6. The maximum atomic E-state index is 15.3. The summed E-state index contributed by atoms with van der Waals surface area (Å²) in [6, 6.07) is 6.88. The van der Waals surface area contributed by atoms with Gasteiger partial charge in [0.1, 0.15) is 5.82 Å². The summed E-state index contributed by atoms with van der Waals surface area (Å²) >= 11 is 1.23. The Morgan fingerprint density at radius 3 is 2.53 bits per heavy atom. The summed E-state index contributed by atoms with van der Waals surface area (Å²) in [5, 5.41) is 2.51. The molecule has 1 aliphatic carbocycles. The first kappa shape index (κ1) is 25.8. The van der Waals surface area contributed by atoms with E-state index < -0.39 is 34.9 Å². The van der Waals surface area contributed by atoms with Gasteiger partial charge in [-0.3, -0.25) is 9.63 Å². The number of hydrogen-bond donors (Lipinski definition) is 3. The van der Waals surface area contributed by atoms with Crippen molar-refractivity contribution >= 4 is 35.0 Å². The number of carbonyl (C=O) groups is 1. The standard InChI is InChI=1S/C25H24F4N4O2S/c1-3-36-33-24-21(28)15(8-9-30-24)10-16-11-17(25(34)32-35-2)23(22(29)20(16)27)31-19-7-6-14(12-18(19)26)13-4-5-13/h6-9,11-13,31H,3-5,10H2,1-2H3,(H,30,33)(H,32,34). The predicted octanol–water partition coefficient (Wildman–Crippen LogP) is 6.22. The Bertz CT molecular complexity index is 1290. The van der Waals surface area contributed by atoms with Gasteiger partial charge in [-0.15, -0.1) is 0 Å². The van der Waals surface area contributed by atoms with E-state index in [1.54, 1.807) is 6.07 Å². The number of rotatable bonds is 10. The zero-order valence-electron chi connectivity index (χ0n) is 19.6. The smallest absolute Gasteiger partial charge is 0.277 e. The number of pyridine rings is 1. The lowest BCUT2D eigenvalue weighted by atomic mass is 9.99. The number of halogens is 4. The van der Waals surface area contributed by atoms with E-state index in [1.165, 1.54) is 43.5 Å². The van der Waals surface area contributed by atoms with Crippen LogP contribution < -0.4 is 15.5 Å². The van der Waals surface area contributed by atoms with Gasteiger partial charge in [-0.25, -0.2) is 28.0 Å². The molecule has 1 aliphatic rings. The van der Waals surface area contributed by atoms with E-state index in [9.17, 15) is 13.6 Å². The van der Waals surface area contributed by atoms with Crippen molar-refractivity contribution in [2.45, 2.75) is 32.1 Å². The minimum Gasteiger partial charge on any atom is -0.350 e. The van der Waals surface area contributed by atoms with Crippen LogP contribution in [0.25, 0.3) is 0 Å². The molecule has 2 aromatic carbocycles. The van der Waals surface area contributed by atoms with Crippen LogP contribution in [0.3, 0.4) is 0 Å². The quantitative estimate of drug-likeness (QED) is 0.167. The fourth-order valence-electron chi connectivity index (χ4n) is 3.73. The molecular formula is C25H24F4N4O2S. The van der Waals surface area contributed by atoms with Gasteiger partial charge < -0.3 is 10.0 Å². The zero-order chi connectivity index (χ0) is 25.8. The van der Waals surface area contributed by atoms with Crippen LogP contribution in [0.15, 0.2) is 36.5 Å². The molecule has 1 aromatic heterocycles. The molecule has 0 atom stereocenters. The van der Waals surface area contributed by atoms with Crippen LogP contribution in [0, 0.1) is 23.3 Å². The van der Waals surface area contributed by atoms with E-state index in [2.05, 4.69) is 25.3 Å². The van der Waals surface area contributed by atoms with E-state index in [0.717, 1.165) is 24.5 Å². The van der Waals surface area contributed by atoms with Crippen molar-refractivity contribution in [3.63, 3.8) is 0 Å². The summed E-state index contributed by atoms with van der Waals surface area (Å²) in [5.41, 5.74) is 1.61. The maximum Gasteiger partial charge on any atom is 0.277 e. The maximum absolute atomic E-state index is 15.3. The molecule has 1 saturated carbocycles. The number of hydroxylamine groups is 1. The lowest BCUT2D eigenvalue weighted by Gasteiger charge is -2.17. The van der Waals surface area contributed by atoms with Crippen LogP contribution in [-0.2, 0) is 11.3 Å². The van der Waals surface area contributed by atoms with Gasteiger partial charge in [-0.2, -0.15) is 0 Å². The number of nitrogens with one attached hydrogen (secondary N) is 3. The van der Waals surface area contributed by atoms with Gasteiger partial charge >= 0.3 is 0 Å². The van der Waals surface area contributed by atoms with Crippen molar-refractivity contribution in [2.24, 2.45) is 0 Å². The highest BCUT2D eigenvalue weighted by Crippen LogP contribution is 2.41.